The first-order valence-corrected chi connectivity index (χ1v) is 7.94. The third kappa shape index (κ3) is 3.39. The Morgan fingerprint density at radius 2 is 1.78 bits per heavy atom. The van der Waals surface area contributed by atoms with Crippen LogP contribution in [0.25, 0.3) is 11.3 Å². The maximum atomic E-state index is 9.72. The monoisotopic (exact) mass is 351 g/mol. The number of aromatic nitrogens is 1. The van der Waals surface area contributed by atoms with Gasteiger partial charge in [-0.05, 0) is 35.9 Å². The van der Waals surface area contributed by atoms with Crippen LogP contribution >= 0.6 is 0 Å². The Balaban J connectivity index is 2.27. The molecule has 0 radical (unpaired) electrons. The van der Waals surface area contributed by atoms with Crippen LogP contribution in [0.4, 0.5) is 0 Å². The van der Waals surface area contributed by atoms with Crippen LogP contribution in [0.2, 0.25) is 0 Å². The van der Waals surface area contributed by atoms with Crippen LogP contribution < -0.4 is 10.1 Å². The van der Waals surface area contributed by atoms with E-state index in [-0.39, 0.29) is 16.8 Å². The number of dihydropyridines is 1. The van der Waals surface area contributed by atoms with Crippen LogP contribution in [0, 0.1) is 34.0 Å². The number of nitrogens with zero attached hydrogens (tertiary/aromatic N) is 4. The smallest absolute Gasteiger partial charge is 0.154 e. The molecule has 1 aliphatic heterocycles. The molecule has 1 aromatic heterocycles. The van der Waals surface area contributed by atoms with Crippen molar-refractivity contribution in [2.45, 2.75) is 0 Å². The van der Waals surface area contributed by atoms with Gasteiger partial charge in [0.25, 0.3) is 0 Å². The van der Waals surface area contributed by atoms with Crippen molar-refractivity contribution in [2.24, 2.45) is 0 Å². The van der Waals surface area contributed by atoms with Crippen LogP contribution in [-0.2, 0) is 0 Å². The van der Waals surface area contributed by atoms with Crippen molar-refractivity contribution in [3.05, 3.63) is 82.8 Å². The molecule has 0 atom stereocenters. The minimum Gasteiger partial charge on any atom is -0.497 e. The van der Waals surface area contributed by atoms with Crippen LogP contribution in [0.15, 0.2) is 71.7 Å². The molecule has 0 fully saturated rings. The van der Waals surface area contributed by atoms with E-state index in [0.717, 1.165) is 11.1 Å². The van der Waals surface area contributed by atoms with Crippen LogP contribution in [0.5, 0.6) is 5.75 Å². The maximum Gasteiger partial charge on any atom is 0.154 e. The lowest BCUT2D eigenvalue weighted by Crippen LogP contribution is -2.20. The van der Waals surface area contributed by atoms with Gasteiger partial charge < -0.3 is 10.1 Å². The highest BCUT2D eigenvalue weighted by molar-refractivity contribution is 5.93. The fourth-order valence-electron chi connectivity index (χ4n) is 2.70. The summed E-state index contributed by atoms with van der Waals surface area (Å²) >= 11 is 0. The molecule has 27 heavy (non-hydrogen) atoms. The molecule has 0 spiro atoms. The number of nitrogens with one attached hydrogen (secondary N) is 1. The third-order valence-electron chi connectivity index (χ3n) is 4.03. The highest BCUT2D eigenvalue weighted by Gasteiger charge is 2.23. The highest BCUT2D eigenvalue weighted by Crippen LogP contribution is 2.33. The molecule has 128 valence electrons. The van der Waals surface area contributed by atoms with E-state index < -0.39 is 0 Å². The molecule has 2 aromatic rings. The molecule has 2 heterocycles. The number of ether oxygens (including phenoxy) is 1. The summed E-state index contributed by atoms with van der Waals surface area (Å²) in [4.78, 5) is 4.11. The largest absolute Gasteiger partial charge is 0.497 e. The summed E-state index contributed by atoms with van der Waals surface area (Å²) in [6, 6.07) is 16.7. The summed E-state index contributed by atoms with van der Waals surface area (Å²) in [5, 5.41) is 31.4. The average molecular weight is 351 g/mol. The summed E-state index contributed by atoms with van der Waals surface area (Å²) in [6.07, 6.45) is 5.13. The Labute approximate surface area is 156 Å². The summed E-state index contributed by atoms with van der Waals surface area (Å²) < 4.78 is 5.18. The molecular formula is C21H13N5O. The fraction of sp³-hybridized carbons (Fsp3) is 0.0476. The second kappa shape index (κ2) is 7.70. The predicted molar refractivity (Wildman–Crippen MR) is 99.1 cm³/mol. The Morgan fingerprint density at radius 1 is 1.04 bits per heavy atom. The lowest BCUT2D eigenvalue weighted by molar-refractivity contribution is 0.415. The zero-order valence-corrected chi connectivity index (χ0v) is 14.4. The van der Waals surface area contributed by atoms with Gasteiger partial charge in [0.1, 0.15) is 24.0 Å². The summed E-state index contributed by atoms with van der Waals surface area (Å²) in [5.74, 6) is 0.689. The first-order valence-electron chi connectivity index (χ1n) is 7.94. The van der Waals surface area contributed by atoms with Crippen LogP contribution in [0.3, 0.4) is 0 Å². The van der Waals surface area contributed by atoms with Gasteiger partial charge in [0.2, 0.25) is 0 Å². The van der Waals surface area contributed by atoms with E-state index >= 15 is 0 Å². The summed E-state index contributed by atoms with van der Waals surface area (Å²) in [5.41, 5.74) is 3.05. The average Bonchev–Trinajstić information content (AvgIpc) is 2.74. The molecule has 0 saturated carbocycles. The molecule has 1 N–H and O–H groups in total. The molecule has 1 aliphatic rings. The standard InChI is InChI=1S/C21H13N5O/c1-27-17-6-4-14(5-7-17)18-9-20(15-3-2-8-25-13-15)26-21(19(18)12-24)16(10-22)11-23/h2-9,13,26H,1H3. The first-order chi connectivity index (χ1) is 13.2. The van der Waals surface area contributed by atoms with Gasteiger partial charge in [-0.25, -0.2) is 0 Å². The number of hydrogen-bond acceptors (Lipinski definition) is 6. The molecule has 0 amide bonds. The minimum absolute atomic E-state index is 0.160. The van der Waals surface area contributed by atoms with E-state index in [1.54, 1.807) is 37.7 Å². The second-order valence-electron chi connectivity index (χ2n) is 5.53. The van der Waals surface area contributed by atoms with Gasteiger partial charge in [-0.3, -0.25) is 4.98 Å². The molecule has 1 aromatic carbocycles. The zero-order valence-electron chi connectivity index (χ0n) is 14.4. The lowest BCUT2D eigenvalue weighted by atomic mass is 9.91. The number of nitriles is 3. The van der Waals surface area contributed by atoms with E-state index in [0.29, 0.717) is 17.0 Å². The molecule has 0 bridgehead atoms. The summed E-state index contributed by atoms with van der Waals surface area (Å²) in [7, 11) is 1.58. The molecule has 3 rings (SSSR count). The van der Waals surface area contributed by atoms with Gasteiger partial charge in [0, 0.05) is 29.2 Å². The summed E-state index contributed by atoms with van der Waals surface area (Å²) in [6.45, 7) is 0. The van der Waals surface area contributed by atoms with Crippen molar-refractivity contribution in [1.82, 2.24) is 10.3 Å². The molecule has 0 unspecified atom stereocenters. The Kier molecular flexibility index (Phi) is 4.98. The van der Waals surface area contributed by atoms with E-state index in [2.05, 4.69) is 16.4 Å². The number of benzene rings is 1. The van der Waals surface area contributed by atoms with Crippen molar-refractivity contribution in [2.75, 3.05) is 7.11 Å². The molecule has 0 aliphatic carbocycles. The van der Waals surface area contributed by atoms with Crippen molar-refractivity contribution in [1.29, 1.82) is 15.8 Å². The number of allylic oxidation sites excluding steroid dienone is 4. The number of pyridine rings is 1. The molecule has 6 heteroatoms. The number of hydrogen-bond donors (Lipinski definition) is 1. The number of methoxy groups -OCH3 is 1. The van der Waals surface area contributed by atoms with Gasteiger partial charge >= 0.3 is 0 Å². The van der Waals surface area contributed by atoms with E-state index in [1.165, 1.54) is 0 Å². The fourth-order valence-corrected chi connectivity index (χ4v) is 2.70. The topological polar surface area (TPSA) is 106 Å². The van der Waals surface area contributed by atoms with Crippen LogP contribution in [-0.4, -0.2) is 12.1 Å². The molecule has 6 nitrogen and oxygen atoms in total. The third-order valence-corrected chi connectivity index (χ3v) is 4.03. The highest BCUT2D eigenvalue weighted by atomic mass is 16.5. The maximum absolute atomic E-state index is 9.72. The quantitative estimate of drug-likeness (QED) is 0.850. The van der Waals surface area contributed by atoms with Crippen molar-refractivity contribution in [3.63, 3.8) is 0 Å². The van der Waals surface area contributed by atoms with Gasteiger partial charge in [-0.1, -0.05) is 12.1 Å². The van der Waals surface area contributed by atoms with Gasteiger partial charge in [0.15, 0.2) is 5.57 Å². The van der Waals surface area contributed by atoms with Crippen molar-refractivity contribution in [3.8, 4) is 24.0 Å². The second-order valence-corrected chi connectivity index (χ2v) is 5.53. The Hall–Kier alpha value is -4.34. The van der Waals surface area contributed by atoms with E-state index in [4.69, 9.17) is 4.74 Å². The Morgan fingerprint density at radius 3 is 2.33 bits per heavy atom. The van der Waals surface area contributed by atoms with Gasteiger partial charge in [0.05, 0.1) is 18.4 Å². The van der Waals surface area contributed by atoms with E-state index in [1.807, 2.05) is 36.4 Å². The SMILES string of the molecule is COc1ccc(C2=C(C#N)C(=C(C#N)C#N)NC(c3cccnc3)=C2)cc1. The number of rotatable bonds is 3. The first kappa shape index (κ1) is 17.5. The molecule has 0 saturated heterocycles. The van der Waals surface area contributed by atoms with Crippen molar-refractivity contribution < 1.29 is 4.74 Å². The lowest BCUT2D eigenvalue weighted by Gasteiger charge is -2.22. The van der Waals surface area contributed by atoms with Gasteiger partial charge in [-0.15, -0.1) is 0 Å². The Bertz CT molecular complexity index is 1070. The van der Waals surface area contributed by atoms with Crippen LogP contribution in [0.1, 0.15) is 11.1 Å². The minimum atomic E-state index is -0.160. The molecular weight excluding hydrogens is 338 g/mol. The van der Waals surface area contributed by atoms with Gasteiger partial charge in [-0.2, -0.15) is 15.8 Å². The normalized spacial score (nSPS) is 12.8. The zero-order chi connectivity index (χ0) is 19.2. The van der Waals surface area contributed by atoms with E-state index in [9.17, 15) is 15.8 Å². The van der Waals surface area contributed by atoms with Crippen molar-refractivity contribution >= 4 is 11.3 Å². The predicted octanol–water partition coefficient (Wildman–Crippen LogP) is 3.31.